The molecule has 2 aromatic rings. The highest BCUT2D eigenvalue weighted by molar-refractivity contribution is 8.18. The molecule has 2 aromatic carbocycles. The molecule has 2 amide bonds. The number of imide groups is 1. The van der Waals surface area contributed by atoms with Gasteiger partial charge in [-0.25, -0.2) is 9.89 Å². The number of amides is 2. The Morgan fingerprint density at radius 1 is 1.04 bits per heavy atom. The molecule has 6 heteroatoms. The maximum Gasteiger partial charge on any atom is 0.272 e. The minimum absolute atomic E-state index is 0.292. The Balaban J connectivity index is 1.80. The van der Waals surface area contributed by atoms with Crippen molar-refractivity contribution in [3.8, 4) is 0 Å². The van der Waals surface area contributed by atoms with Crippen LogP contribution in [0.15, 0.2) is 70.1 Å². The van der Waals surface area contributed by atoms with Gasteiger partial charge in [0.05, 0.1) is 16.2 Å². The Kier molecular flexibility index (Phi) is 3.69. The van der Waals surface area contributed by atoms with Crippen LogP contribution in [-0.2, 0) is 9.59 Å². The Hall–Kier alpha value is -2.86. The highest BCUT2D eigenvalue weighted by Crippen LogP contribution is 2.44. The molecule has 2 N–H and O–H groups in total. The van der Waals surface area contributed by atoms with Crippen molar-refractivity contribution in [1.82, 2.24) is 0 Å². The molecule has 0 fully saturated rings. The fourth-order valence-electron chi connectivity index (χ4n) is 3.07. The summed E-state index contributed by atoms with van der Waals surface area (Å²) in [6.07, 6.45) is 0. The minimum atomic E-state index is -0.552. The number of nitrogens with two attached hydrogens (primary N) is 1. The Labute approximate surface area is 149 Å². The lowest BCUT2D eigenvalue weighted by molar-refractivity contribution is -0.120. The predicted molar refractivity (Wildman–Crippen MR) is 99.1 cm³/mol. The van der Waals surface area contributed by atoms with Gasteiger partial charge in [0, 0.05) is 0 Å². The van der Waals surface area contributed by atoms with Crippen LogP contribution in [0, 0.1) is 6.92 Å². The summed E-state index contributed by atoms with van der Waals surface area (Å²) in [6.45, 7) is 1.92. The van der Waals surface area contributed by atoms with Crippen LogP contribution in [0.2, 0.25) is 0 Å². The van der Waals surface area contributed by atoms with Gasteiger partial charge in [-0.2, -0.15) is 0 Å². The van der Waals surface area contributed by atoms with Crippen molar-refractivity contribution < 1.29 is 9.59 Å². The fraction of sp³-hybridized carbons (Fsp3) is 0.105. The van der Waals surface area contributed by atoms with E-state index in [1.54, 1.807) is 6.07 Å². The van der Waals surface area contributed by atoms with Gasteiger partial charge in [-0.3, -0.25) is 9.59 Å². The molecule has 1 atom stereocenters. The molecular weight excluding hydrogens is 334 g/mol. The molecule has 0 radical (unpaired) electrons. The molecule has 0 unspecified atom stereocenters. The molecule has 2 aliphatic heterocycles. The second kappa shape index (κ2) is 5.89. The van der Waals surface area contributed by atoms with Crippen molar-refractivity contribution in [2.24, 2.45) is 10.7 Å². The first-order valence-electron chi connectivity index (χ1n) is 7.82. The number of thioether (sulfide) groups is 1. The summed E-state index contributed by atoms with van der Waals surface area (Å²) in [5.74, 6) is -0.669. The highest BCUT2D eigenvalue weighted by atomic mass is 32.2. The molecule has 0 bridgehead atoms. The van der Waals surface area contributed by atoms with E-state index in [-0.39, 0.29) is 11.8 Å². The normalized spacial score (nSPS) is 20.0. The Morgan fingerprint density at radius 3 is 2.52 bits per heavy atom. The molecule has 2 aliphatic rings. The molecule has 25 heavy (non-hydrogen) atoms. The average Bonchev–Trinajstić information content (AvgIpc) is 2.86. The van der Waals surface area contributed by atoms with E-state index < -0.39 is 6.04 Å². The van der Waals surface area contributed by atoms with Gasteiger partial charge < -0.3 is 5.73 Å². The molecule has 2 heterocycles. The number of hydrogen-bond acceptors (Lipinski definition) is 5. The first-order valence-corrected chi connectivity index (χ1v) is 8.63. The minimum Gasteiger partial charge on any atom is -0.378 e. The van der Waals surface area contributed by atoms with Gasteiger partial charge in [0.1, 0.15) is 6.04 Å². The Morgan fingerprint density at radius 2 is 1.80 bits per heavy atom. The van der Waals surface area contributed by atoms with Crippen LogP contribution in [0.1, 0.15) is 17.2 Å². The summed E-state index contributed by atoms with van der Waals surface area (Å²) in [6, 6.07) is 16.2. The van der Waals surface area contributed by atoms with Crippen molar-refractivity contribution in [3.63, 3.8) is 0 Å². The summed E-state index contributed by atoms with van der Waals surface area (Å²) >= 11 is 1.07. The maximum atomic E-state index is 13.1. The van der Waals surface area contributed by atoms with E-state index >= 15 is 0 Å². The second-order valence-corrected chi connectivity index (χ2v) is 6.94. The van der Waals surface area contributed by atoms with Gasteiger partial charge in [-0.05, 0) is 41.9 Å². The van der Waals surface area contributed by atoms with Crippen molar-refractivity contribution in [2.75, 3.05) is 4.90 Å². The van der Waals surface area contributed by atoms with Crippen LogP contribution in [0.25, 0.3) is 0 Å². The van der Waals surface area contributed by atoms with Gasteiger partial charge >= 0.3 is 0 Å². The number of benzene rings is 2. The van der Waals surface area contributed by atoms with E-state index in [0.29, 0.717) is 21.3 Å². The predicted octanol–water partition coefficient (Wildman–Crippen LogP) is 2.93. The molecule has 0 spiro atoms. The second-order valence-electron chi connectivity index (χ2n) is 5.91. The summed E-state index contributed by atoms with van der Waals surface area (Å²) < 4.78 is 0. The molecule has 0 saturated heterocycles. The van der Waals surface area contributed by atoms with E-state index in [2.05, 4.69) is 4.99 Å². The lowest BCUT2D eigenvalue weighted by atomic mass is 9.99. The van der Waals surface area contributed by atoms with Gasteiger partial charge in [0.2, 0.25) is 0 Å². The number of anilines is 1. The van der Waals surface area contributed by atoms with E-state index in [9.17, 15) is 9.59 Å². The zero-order chi connectivity index (χ0) is 17.6. The van der Waals surface area contributed by atoms with Crippen molar-refractivity contribution in [1.29, 1.82) is 0 Å². The summed E-state index contributed by atoms with van der Waals surface area (Å²) in [5.41, 5.74) is 8.71. The van der Waals surface area contributed by atoms with Gasteiger partial charge in [0.25, 0.3) is 11.8 Å². The first-order chi connectivity index (χ1) is 12.1. The lowest BCUT2D eigenvalue weighted by Gasteiger charge is -2.19. The SMILES string of the molecule is Cc1cccc(N2C(=O)C3=C(C2=O)[C@@H](c2ccccc2)N=C(N)S3)c1. The maximum absolute atomic E-state index is 13.1. The van der Waals surface area contributed by atoms with Gasteiger partial charge in [-0.15, -0.1) is 0 Å². The molecule has 4 rings (SSSR count). The van der Waals surface area contributed by atoms with Crippen LogP contribution >= 0.6 is 11.8 Å². The van der Waals surface area contributed by atoms with Crippen LogP contribution in [0.4, 0.5) is 5.69 Å². The third-order valence-electron chi connectivity index (χ3n) is 4.19. The number of rotatable bonds is 2. The van der Waals surface area contributed by atoms with E-state index in [1.807, 2.05) is 55.5 Å². The van der Waals surface area contributed by atoms with Crippen LogP contribution in [-0.4, -0.2) is 17.0 Å². The zero-order valence-corrected chi connectivity index (χ0v) is 14.3. The summed E-state index contributed by atoms with van der Waals surface area (Å²) in [4.78, 5) is 32.0. The molecule has 0 aromatic heterocycles. The van der Waals surface area contributed by atoms with Crippen LogP contribution in [0.3, 0.4) is 0 Å². The number of aliphatic imine (C=N–C) groups is 1. The number of carbonyl (C=O) groups excluding carboxylic acids is 2. The van der Waals surface area contributed by atoms with E-state index in [4.69, 9.17) is 5.73 Å². The third kappa shape index (κ3) is 2.55. The van der Waals surface area contributed by atoms with Crippen molar-refractivity contribution >= 4 is 34.4 Å². The number of aryl methyl sites for hydroxylation is 1. The van der Waals surface area contributed by atoms with Crippen LogP contribution < -0.4 is 10.6 Å². The molecular formula is C19H15N3O2S. The lowest BCUT2D eigenvalue weighted by Crippen LogP contribution is -2.31. The number of nitrogens with zero attached hydrogens (tertiary/aromatic N) is 2. The summed E-state index contributed by atoms with van der Waals surface area (Å²) in [5, 5.41) is 0.292. The topological polar surface area (TPSA) is 75.8 Å². The zero-order valence-electron chi connectivity index (χ0n) is 13.5. The van der Waals surface area contributed by atoms with Crippen molar-refractivity contribution in [2.45, 2.75) is 13.0 Å². The van der Waals surface area contributed by atoms with Gasteiger partial charge in [0.15, 0.2) is 5.17 Å². The Bertz CT molecular complexity index is 950. The number of carbonyl (C=O) groups is 2. The smallest absolute Gasteiger partial charge is 0.272 e. The molecule has 0 saturated carbocycles. The molecule has 5 nitrogen and oxygen atoms in total. The quantitative estimate of drug-likeness (QED) is 0.846. The first kappa shape index (κ1) is 15.7. The highest BCUT2D eigenvalue weighted by Gasteiger charge is 2.45. The van der Waals surface area contributed by atoms with Crippen LogP contribution in [0.5, 0.6) is 0 Å². The van der Waals surface area contributed by atoms with E-state index in [1.165, 1.54) is 4.90 Å². The number of amidine groups is 1. The monoisotopic (exact) mass is 349 g/mol. The number of hydrogen-bond donors (Lipinski definition) is 1. The largest absolute Gasteiger partial charge is 0.378 e. The van der Waals surface area contributed by atoms with Crippen molar-refractivity contribution in [3.05, 3.63) is 76.2 Å². The van der Waals surface area contributed by atoms with Gasteiger partial charge in [-0.1, -0.05) is 42.5 Å². The average molecular weight is 349 g/mol. The molecule has 0 aliphatic carbocycles. The summed E-state index contributed by atoms with van der Waals surface area (Å²) in [7, 11) is 0. The fourth-order valence-corrected chi connectivity index (χ4v) is 3.92. The molecule has 124 valence electrons. The standard InChI is InChI=1S/C19H15N3O2S/c1-11-6-5-9-13(10-11)22-17(23)14-15(12-7-3-2-4-8-12)21-19(20)25-16(14)18(22)24/h2-10,15H,1H3,(H2,20,21)/t15-/m1/s1. The van der Waals surface area contributed by atoms with E-state index in [0.717, 1.165) is 22.9 Å². The third-order valence-corrected chi connectivity index (χ3v) is 5.10.